The van der Waals surface area contributed by atoms with Gasteiger partial charge in [-0.2, -0.15) is 0 Å². The molecule has 2 N–H and O–H groups in total. The first-order valence-electron chi connectivity index (χ1n) is 7.22. The van der Waals surface area contributed by atoms with Crippen LogP contribution in [0.5, 0.6) is 0 Å². The van der Waals surface area contributed by atoms with E-state index in [2.05, 4.69) is 53.4 Å². The fraction of sp³-hybridized carbons (Fsp3) is 0.235. The number of hydrogen-bond acceptors (Lipinski definition) is 3. The van der Waals surface area contributed by atoms with E-state index in [1.54, 1.807) is 11.8 Å². The molecule has 2 aromatic carbocycles. The summed E-state index contributed by atoms with van der Waals surface area (Å²) in [7, 11) is 0. The highest BCUT2D eigenvalue weighted by Crippen LogP contribution is 2.28. The van der Waals surface area contributed by atoms with Crippen LogP contribution >= 0.6 is 11.8 Å². The number of H-pyrrole nitrogens is 1. The molecule has 0 fully saturated rings. The monoisotopic (exact) mass is 297 g/mol. The number of nitrogens with zero attached hydrogens (tertiary/aromatic N) is 1. The predicted molar refractivity (Wildman–Crippen MR) is 88.8 cm³/mol. The van der Waals surface area contributed by atoms with Gasteiger partial charge in [0.1, 0.15) is 0 Å². The summed E-state index contributed by atoms with van der Waals surface area (Å²) in [6, 6.07) is 17.2. The van der Waals surface area contributed by atoms with Crippen LogP contribution in [-0.4, -0.2) is 16.5 Å². The molecule has 3 rings (SSSR count). The van der Waals surface area contributed by atoms with Crippen LogP contribution < -0.4 is 5.32 Å². The maximum Gasteiger partial charge on any atom is 0.171 e. The standard InChI is InChI=1S/C17H19N3S/c1-3-18-12(2)13-8-10-14(11-9-13)21-17-19-15-6-4-5-7-16(15)20-17/h4-12,18H,3H2,1-2H3,(H,19,20). The molecule has 0 radical (unpaired) electrons. The summed E-state index contributed by atoms with van der Waals surface area (Å²) in [6.45, 7) is 5.30. The Hall–Kier alpha value is -1.78. The lowest BCUT2D eigenvalue weighted by molar-refractivity contribution is 0.598. The van der Waals surface area contributed by atoms with Crippen molar-refractivity contribution in [3.8, 4) is 0 Å². The van der Waals surface area contributed by atoms with Crippen LogP contribution in [0.25, 0.3) is 11.0 Å². The predicted octanol–water partition coefficient (Wildman–Crippen LogP) is 4.38. The molecule has 1 unspecified atom stereocenters. The quantitative estimate of drug-likeness (QED) is 0.734. The van der Waals surface area contributed by atoms with Crippen molar-refractivity contribution in [3.05, 3.63) is 54.1 Å². The molecule has 0 saturated heterocycles. The van der Waals surface area contributed by atoms with Crippen molar-refractivity contribution < 1.29 is 0 Å². The van der Waals surface area contributed by atoms with Crippen molar-refractivity contribution in [3.63, 3.8) is 0 Å². The summed E-state index contributed by atoms with van der Waals surface area (Å²) < 4.78 is 0. The van der Waals surface area contributed by atoms with Gasteiger partial charge in [-0.3, -0.25) is 0 Å². The Labute approximate surface area is 129 Å². The van der Waals surface area contributed by atoms with Crippen LogP contribution in [0, 0.1) is 0 Å². The van der Waals surface area contributed by atoms with Crippen molar-refractivity contribution in [2.24, 2.45) is 0 Å². The minimum absolute atomic E-state index is 0.389. The van der Waals surface area contributed by atoms with E-state index in [0.29, 0.717) is 6.04 Å². The van der Waals surface area contributed by atoms with Crippen LogP contribution in [-0.2, 0) is 0 Å². The number of fused-ring (bicyclic) bond motifs is 1. The Morgan fingerprint density at radius 2 is 1.90 bits per heavy atom. The third-order valence-corrected chi connectivity index (χ3v) is 4.37. The van der Waals surface area contributed by atoms with Crippen LogP contribution in [0.3, 0.4) is 0 Å². The van der Waals surface area contributed by atoms with Gasteiger partial charge in [0.05, 0.1) is 11.0 Å². The van der Waals surface area contributed by atoms with Gasteiger partial charge in [-0.15, -0.1) is 0 Å². The molecule has 0 aliphatic rings. The SMILES string of the molecule is CCNC(C)c1ccc(Sc2nc3ccccc3[nH]2)cc1. The number of aromatic amines is 1. The third-order valence-electron chi connectivity index (χ3n) is 3.47. The van der Waals surface area contributed by atoms with Crippen molar-refractivity contribution in [1.29, 1.82) is 0 Å². The van der Waals surface area contributed by atoms with Crippen LogP contribution in [0.1, 0.15) is 25.5 Å². The zero-order chi connectivity index (χ0) is 14.7. The van der Waals surface area contributed by atoms with Crippen LogP contribution in [0.2, 0.25) is 0 Å². The second-order valence-corrected chi connectivity index (χ2v) is 6.07. The van der Waals surface area contributed by atoms with Crippen LogP contribution in [0.4, 0.5) is 0 Å². The fourth-order valence-corrected chi connectivity index (χ4v) is 3.14. The van der Waals surface area contributed by atoms with Gasteiger partial charge in [0.2, 0.25) is 0 Å². The van der Waals surface area contributed by atoms with E-state index < -0.39 is 0 Å². The van der Waals surface area contributed by atoms with Gasteiger partial charge in [0.25, 0.3) is 0 Å². The lowest BCUT2D eigenvalue weighted by Crippen LogP contribution is -2.17. The molecule has 21 heavy (non-hydrogen) atoms. The topological polar surface area (TPSA) is 40.7 Å². The molecule has 1 atom stereocenters. The summed E-state index contributed by atoms with van der Waals surface area (Å²) in [5.41, 5.74) is 3.40. The van der Waals surface area contributed by atoms with E-state index in [4.69, 9.17) is 0 Å². The zero-order valence-corrected chi connectivity index (χ0v) is 13.1. The molecule has 0 saturated carbocycles. The molecule has 3 nitrogen and oxygen atoms in total. The smallest absolute Gasteiger partial charge is 0.171 e. The van der Waals surface area contributed by atoms with Gasteiger partial charge in [-0.05, 0) is 43.3 Å². The summed E-state index contributed by atoms with van der Waals surface area (Å²) in [4.78, 5) is 9.13. The number of nitrogens with one attached hydrogen (secondary N) is 2. The summed E-state index contributed by atoms with van der Waals surface area (Å²) in [6.07, 6.45) is 0. The highest BCUT2D eigenvalue weighted by atomic mass is 32.2. The molecule has 0 aliphatic carbocycles. The minimum Gasteiger partial charge on any atom is -0.333 e. The summed E-state index contributed by atoms with van der Waals surface area (Å²) in [5.74, 6) is 0. The molecule has 1 heterocycles. The van der Waals surface area contributed by atoms with E-state index in [0.717, 1.165) is 22.7 Å². The molecule has 0 bridgehead atoms. The van der Waals surface area contributed by atoms with E-state index in [9.17, 15) is 0 Å². The highest BCUT2D eigenvalue weighted by molar-refractivity contribution is 7.99. The first kappa shape index (κ1) is 14.2. The van der Waals surface area contributed by atoms with Crippen molar-refractivity contribution in [1.82, 2.24) is 15.3 Å². The Morgan fingerprint density at radius 1 is 1.14 bits per heavy atom. The van der Waals surface area contributed by atoms with E-state index in [-0.39, 0.29) is 0 Å². The van der Waals surface area contributed by atoms with Gasteiger partial charge in [-0.1, -0.05) is 43.0 Å². The lowest BCUT2D eigenvalue weighted by Gasteiger charge is -2.12. The molecule has 108 valence electrons. The number of rotatable bonds is 5. The second-order valence-electron chi connectivity index (χ2n) is 5.01. The normalized spacial score (nSPS) is 12.7. The number of imidazole rings is 1. The third kappa shape index (κ3) is 3.28. The Kier molecular flexibility index (Phi) is 4.27. The van der Waals surface area contributed by atoms with E-state index in [1.807, 2.05) is 24.3 Å². The van der Waals surface area contributed by atoms with Gasteiger partial charge in [0.15, 0.2) is 5.16 Å². The summed E-state index contributed by atoms with van der Waals surface area (Å²) >= 11 is 1.66. The molecule has 0 amide bonds. The van der Waals surface area contributed by atoms with Crippen molar-refractivity contribution in [2.45, 2.75) is 29.9 Å². The lowest BCUT2D eigenvalue weighted by atomic mass is 10.1. The molecular weight excluding hydrogens is 278 g/mol. The van der Waals surface area contributed by atoms with Crippen molar-refractivity contribution >= 4 is 22.8 Å². The fourth-order valence-electron chi connectivity index (χ4n) is 2.34. The van der Waals surface area contributed by atoms with Gasteiger partial charge >= 0.3 is 0 Å². The molecule has 3 aromatic rings. The number of benzene rings is 2. The van der Waals surface area contributed by atoms with Gasteiger partial charge in [0, 0.05) is 10.9 Å². The van der Waals surface area contributed by atoms with E-state index >= 15 is 0 Å². The molecule has 1 aromatic heterocycles. The Morgan fingerprint density at radius 3 is 2.62 bits per heavy atom. The Balaban J connectivity index is 1.75. The number of aromatic nitrogens is 2. The van der Waals surface area contributed by atoms with E-state index in [1.165, 1.54) is 10.5 Å². The second kappa shape index (κ2) is 6.33. The number of para-hydroxylation sites is 2. The average molecular weight is 297 g/mol. The Bertz CT molecular complexity index is 685. The molecule has 4 heteroatoms. The van der Waals surface area contributed by atoms with Gasteiger partial charge in [-0.25, -0.2) is 4.98 Å². The first-order valence-corrected chi connectivity index (χ1v) is 8.04. The van der Waals surface area contributed by atoms with Crippen LogP contribution in [0.15, 0.2) is 58.6 Å². The largest absolute Gasteiger partial charge is 0.333 e. The maximum atomic E-state index is 4.59. The highest BCUT2D eigenvalue weighted by Gasteiger charge is 2.06. The molecule has 0 aliphatic heterocycles. The summed E-state index contributed by atoms with van der Waals surface area (Å²) in [5, 5.41) is 4.36. The molecular formula is C17H19N3S. The maximum absolute atomic E-state index is 4.59. The van der Waals surface area contributed by atoms with Gasteiger partial charge < -0.3 is 10.3 Å². The molecule has 0 spiro atoms. The first-order chi connectivity index (χ1) is 10.3. The minimum atomic E-state index is 0.389. The zero-order valence-electron chi connectivity index (χ0n) is 12.3. The van der Waals surface area contributed by atoms with Crippen molar-refractivity contribution in [2.75, 3.05) is 6.54 Å². The average Bonchev–Trinajstić information content (AvgIpc) is 2.90. The number of hydrogen-bond donors (Lipinski definition) is 2.